The summed E-state index contributed by atoms with van der Waals surface area (Å²) in [6.45, 7) is 6.57. The topological polar surface area (TPSA) is 78.4 Å². The SMILES string of the molecule is CCC1CCC(CNC(=O)NCC(C)(CC)C(=O)O)CC1. The highest BCUT2D eigenvalue weighted by molar-refractivity contribution is 5.77. The molecule has 2 amide bonds. The Labute approximate surface area is 127 Å². The zero-order chi connectivity index (χ0) is 15.9. The number of urea groups is 1. The Morgan fingerprint density at radius 1 is 1.10 bits per heavy atom. The fourth-order valence-electron chi connectivity index (χ4n) is 2.77. The molecule has 0 saturated heterocycles. The van der Waals surface area contributed by atoms with Crippen LogP contribution < -0.4 is 10.6 Å². The van der Waals surface area contributed by atoms with Gasteiger partial charge >= 0.3 is 12.0 Å². The van der Waals surface area contributed by atoms with Gasteiger partial charge in [-0.25, -0.2) is 4.79 Å². The first kappa shape index (κ1) is 17.8. The van der Waals surface area contributed by atoms with Crippen molar-refractivity contribution in [2.24, 2.45) is 17.3 Å². The van der Waals surface area contributed by atoms with Gasteiger partial charge in [0.2, 0.25) is 0 Å². The van der Waals surface area contributed by atoms with Crippen LogP contribution in [0.15, 0.2) is 0 Å². The second kappa shape index (κ2) is 8.25. The highest BCUT2D eigenvalue weighted by Gasteiger charge is 2.31. The summed E-state index contributed by atoms with van der Waals surface area (Å²) in [5, 5.41) is 14.7. The Bertz CT molecular complexity index is 351. The largest absolute Gasteiger partial charge is 0.481 e. The molecule has 0 aromatic carbocycles. The van der Waals surface area contributed by atoms with Crippen LogP contribution in [0.1, 0.15) is 59.3 Å². The van der Waals surface area contributed by atoms with Gasteiger partial charge in [-0.2, -0.15) is 0 Å². The van der Waals surface area contributed by atoms with Crippen molar-refractivity contribution in [2.45, 2.75) is 59.3 Å². The van der Waals surface area contributed by atoms with Crippen molar-refractivity contribution >= 4 is 12.0 Å². The summed E-state index contributed by atoms with van der Waals surface area (Å²) < 4.78 is 0. The molecule has 0 radical (unpaired) electrons. The molecule has 0 aliphatic heterocycles. The molecule has 3 N–H and O–H groups in total. The summed E-state index contributed by atoms with van der Waals surface area (Å²) in [4.78, 5) is 22.9. The average Bonchev–Trinajstić information content (AvgIpc) is 2.50. The van der Waals surface area contributed by atoms with E-state index in [0.29, 0.717) is 18.9 Å². The Balaban J connectivity index is 2.24. The molecule has 122 valence electrons. The average molecular weight is 298 g/mol. The number of nitrogens with one attached hydrogen (secondary N) is 2. The van der Waals surface area contributed by atoms with E-state index in [0.717, 1.165) is 5.92 Å². The van der Waals surface area contributed by atoms with Crippen LogP contribution in [0.2, 0.25) is 0 Å². The standard InChI is InChI=1S/C16H30N2O3/c1-4-12-6-8-13(9-7-12)10-17-15(21)18-11-16(3,5-2)14(19)20/h12-13H,4-11H2,1-3H3,(H,19,20)(H2,17,18,21). The molecule has 1 unspecified atom stereocenters. The van der Waals surface area contributed by atoms with Crippen LogP contribution in [0.5, 0.6) is 0 Å². The van der Waals surface area contributed by atoms with Gasteiger partial charge in [0.15, 0.2) is 0 Å². The molecule has 0 aromatic heterocycles. The number of rotatable bonds is 7. The maximum absolute atomic E-state index is 11.8. The lowest BCUT2D eigenvalue weighted by atomic mass is 9.81. The summed E-state index contributed by atoms with van der Waals surface area (Å²) in [6.07, 6.45) is 6.63. The van der Waals surface area contributed by atoms with Gasteiger partial charge < -0.3 is 15.7 Å². The molecule has 0 aromatic rings. The fourth-order valence-corrected chi connectivity index (χ4v) is 2.77. The van der Waals surface area contributed by atoms with E-state index in [9.17, 15) is 9.59 Å². The van der Waals surface area contributed by atoms with Gasteiger partial charge in [-0.15, -0.1) is 0 Å². The number of hydrogen-bond donors (Lipinski definition) is 3. The van der Waals surface area contributed by atoms with Crippen molar-refractivity contribution in [3.63, 3.8) is 0 Å². The van der Waals surface area contributed by atoms with E-state index in [1.165, 1.54) is 32.1 Å². The van der Waals surface area contributed by atoms with Crippen LogP contribution >= 0.6 is 0 Å². The van der Waals surface area contributed by atoms with E-state index in [1.54, 1.807) is 6.92 Å². The monoisotopic (exact) mass is 298 g/mol. The van der Waals surface area contributed by atoms with Crippen molar-refractivity contribution in [1.82, 2.24) is 10.6 Å². The fraction of sp³-hybridized carbons (Fsp3) is 0.875. The number of carbonyl (C=O) groups is 2. The van der Waals surface area contributed by atoms with Gasteiger partial charge in [-0.05, 0) is 38.0 Å². The second-order valence-electron chi connectivity index (χ2n) is 6.58. The maximum Gasteiger partial charge on any atom is 0.314 e. The predicted octanol–water partition coefficient (Wildman–Crippen LogP) is 3.00. The minimum atomic E-state index is -0.892. The number of carbonyl (C=O) groups excluding carboxylic acids is 1. The van der Waals surface area contributed by atoms with Crippen molar-refractivity contribution in [3.8, 4) is 0 Å². The van der Waals surface area contributed by atoms with E-state index in [1.807, 2.05) is 6.92 Å². The lowest BCUT2D eigenvalue weighted by molar-refractivity contribution is -0.147. The first-order valence-corrected chi connectivity index (χ1v) is 8.16. The van der Waals surface area contributed by atoms with Gasteiger partial charge in [-0.1, -0.05) is 33.1 Å². The molecule has 0 spiro atoms. The number of amides is 2. The zero-order valence-electron chi connectivity index (χ0n) is 13.6. The molecule has 1 atom stereocenters. The summed E-state index contributed by atoms with van der Waals surface area (Å²) in [5.74, 6) is 0.551. The molecule has 1 saturated carbocycles. The molecule has 0 heterocycles. The maximum atomic E-state index is 11.8. The first-order chi connectivity index (χ1) is 9.91. The van der Waals surface area contributed by atoms with E-state index >= 15 is 0 Å². The lowest BCUT2D eigenvalue weighted by Gasteiger charge is -2.28. The molecule has 1 fully saturated rings. The van der Waals surface area contributed by atoms with E-state index in [2.05, 4.69) is 17.6 Å². The van der Waals surface area contributed by atoms with Crippen LogP contribution in [-0.2, 0) is 4.79 Å². The van der Waals surface area contributed by atoms with Crippen molar-refractivity contribution < 1.29 is 14.7 Å². The third-order valence-corrected chi connectivity index (χ3v) is 5.03. The Morgan fingerprint density at radius 3 is 2.14 bits per heavy atom. The summed E-state index contributed by atoms with van der Waals surface area (Å²) in [5.41, 5.74) is -0.892. The van der Waals surface area contributed by atoms with E-state index in [4.69, 9.17) is 5.11 Å². The third-order valence-electron chi connectivity index (χ3n) is 5.03. The molecule has 5 nitrogen and oxygen atoms in total. The Kier molecular flexibility index (Phi) is 6.99. The van der Waals surface area contributed by atoms with Crippen molar-refractivity contribution in [1.29, 1.82) is 0 Å². The van der Waals surface area contributed by atoms with Gasteiger partial charge in [0.05, 0.1) is 5.41 Å². The molecule has 5 heteroatoms. The predicted molar refractivity (Wildman–Crippen MR) is 83.2 cm³/mol. The molecule has 21 heavy (non-hydrogen) atoms. The van der Waals surface area contributed by atoms with Gasteiger partial charge in [0.25, 0.3) is 0 Å². The highest BCUT2D eigenvalue weighted by Crippen LogP contribution is 2.30. The second-order valence-corrected chi connectivity index (χ2v) is 6.58. The van der Waals surface area contributed by atoms with Gasteiger partial charge in [0, 0.05) is 13.1 Å². The summed E-state index contributed by atoms with van der Waals surface area (Å²) in [6, 6.07) is -0.256. The highest BCUT2D eigenvalue weighted by atomic mass is 16.4. The minimum absolute atomic E-state index is 0.160. The Morgan fingerprint density at radius 2 is 1.67 bits per heavy atom. The zero-order valence-corrected chi connectivity index (χ0v) is 13.6. The van der Waals surface area contributed by atoms with Crippen molar-refractivity contribution in [2.75, 3.05) is 13.1 Å². The smallest absolute Gasteiger partial charge is 0.314 e. The minimum Gasteiger partial charge on any atom is -0.481 e. The van der Waals surface area contributed by atoms with Gasteiger partial charge in [0.1, 0.15) is 0 Å². The number of aliphatic carboxylic acids is 1. The molecular weight excluding hydrogens is 268 g/mol. The van der Waals surface area contributed by atoms with Crippen LogP contribution in [-0.4, -0.2) is 30.2 Å². The summed E-state index contributed by atoms with van der Waals surface area (Å²) in [7, 11) is 0. The normalized spacial score (nSPS) is 24.9. The van der Waals surface area contributed by atoms with Crippen LogP contribution in [0, 0.1) is 17.3 Å². The first-order valence-electron chi connectivity index (χ1n) is 8.16. The molecular formula is C16H30N2O3. The Hall–Kier alpha value is -1.26. The summed E-state index contributed by atoms with van der Waals surface area (Å²) >= 11 is 0. The van der Waals surface area contributed by atoms with Crippen LogP contribution in [0.3, 0.4) is 0 Å². The lowest BCUT2D eigenvalue weighted by Crippen LogP contribution is -2.45. The molecule has 1 aliphatic rings. The molecule has 0 bridgehead atoms. The third kappa shape index (κ3) is 5.56. The van der Waals surface area contributed by atoms with Crippen molar-refractivity contribution in [3.05, 3.63) is 0 Å². The van der Waals surface area contributed by atoms with Crippen LogP contribution in [0.25, 0.3) is 0 Å². The quantitative estimate of drug-likeness (QED) is 0.676. The molecule has 1 aliphatic carbocycles. The number of carboxylic acid groups (broad SMARTS) is 1. The van der Waals surface area contributed by atoms with E-state index in [-0.39, 0.29) is 12.6 Å². The number of hydrogen-bond acceptors (Lipinski definition) is 2. The van der Waals surface area contributed by atoms with Gasteiger partial charge in [-0.3, -0.25) is 4.79 Å². The molecule has 1 rings (SSSR count). The van der Waals surface area contributed by atoms with Crippen LogP contribution in [0.4, 0.5) is 4.79 Å². The van der Waals surface area contributed by atoms with E-state index < -0.39 is 11.4 Å². The number of carboxylic acids is 1.